The van der Waals surface area contributed by atoms with E-state index in [1.165, 1.54) is 22.9 Å². The molecule has 2 aromatic heterocycles. The van der Waals surface area contributed by atoms with Crippen LogP contribution < -0.4 is 10.9 Å². The number of fused-ring (bicyclic) bond motifs is 2. The first-order valence-corrected chi connectivity index (χ1v) is 10.2. The average Bonchev–Trinajstić information content (AvgIpc) is 3.23. The predicted molar refractivity (Wildman–Crippen MR) is 107 cm³/mol. The van der Waals surface area contributed by atoms with Crippen molar-refractivity contribution in [2.45, 2.75) is 44.4 Å². The topological polar surface area (TPSA) is 79.8 Å². The number of hydrogen-bond acceptors (Lipinski definition) is 4. The molecule has 0 radical (unpaired) electrons. The summed E-state index contributed by atoms with van der Waals surface area (Å²) >= 11 is 1.31. The second kappa shape index (κ2) is 7.23. The molecule has 3 aromatic rings. The van der Waals surface area contributed by atoms with Crippen molar-refractivity contribution >= 4 is 28.7 Å². The zero-order valence-corrected chi connectivity index (χ0v) is 16.2. The van der Waals surface area contributed by atoms with Crippen LogP contribution in [-0.2, 0) is 17.8 Å². The van der Waals surface area contributed by atoms with Crippen molar-refractivity contribution in [1.29, 1.82) is 0 Å². The van der Waals surface area contributed by atoms with Crippen LogP contribution in [0.3, 0.4) is 0 Å². The molecular weight excluding hydrogens is 360 g/mol. The van der Waals surface area contributed by atoms with Gasteiger partial charge in [-0.05, 0) is 43.9 Å². The van der Waals surface area contributed by atoms with Gasteiger partial charge in [0.25, 0.3) is 5.56 Å². The molecule has 6 nitrogen and oxygen atoms in total. The molecule has 140 valence electrons. The third-order valence-corrected chi connectivity index (χ3v) is 5.93. The van der Waals surface area contributed by atoms with Crippen molar-refractivity contribution in [2.75, 3.05) is 5.75 Å². The molecule has 27 heavy (non-hydrogen) atoms. The number of H-pyrrole nitrogens is 1. The first-order chi connectivity index (χ1) is 13.1. The van der Waals surface area contributed by atoms with Gasteiger partial charge in [0.2, 0.25) is 5.91 Å². The van der Waals surface area contributed by atoms with Gasteiger partial charge in [-0.3, -0.25) is 14.2 Å². The van der Waals surface area contributed by atoms with Crippen LogP contribution in [0.1, 0.15) is 36.2 Å². The minimum atomic E-state index is -0.0942. The van der Waals surface area contributed by atoms with Gasteiger partial charge in [0.15, 0.2) is 5.16 Å². The first-order valence-electron chi connectivity index (χ1n) is 9.17. The molecule has 1 aromatic carbocycles. The SMILES string of the molecule is CCn1c(SCC(=O)NC2CCc3ccccc32)nc2cc(C)[nH]c2c1=O. The highest BCUT2D eigenvalue weighted by molar-refractivity contribution is 7.99. The van der Waals surface area contributed by atoms with E-state index >= 15 is 0 Å². The Kier molecular flexibility index (Phi) is 4.78. The molecule has 1 aliphatic carbocycles. The van der Waals surface area contributed by atoms with E-state index in [0.717, 1.165) is 18.5 Å². The molecule has 2 N–H and O–H groups in total. The number of carbonyl (C=O) groups is 1. The Labute approximate surface area is 161 Å². The summed E-state index contributed by atoms with van der Waals surface area (Å²) in [4.78, 5) is 32.8. The van der Waals surface area contributed by atoms with Gasteiger partial charge in [-0.2, -0.15) is 0 Å². The van der Waals surface area contributed by atoms with Crippen LogP contribution in [0, 0.1) is 6.92 Å². The van der Waals surface area contributed by atoms with Crippen molar-refractivity contribution in [1.82, 2.24) is 19.9 Å². The summed E-state index contributed by atoms with van der Waals surface area (Å²) in [5.41, 5.74) is 4.50. The Morgan fingerprint density at radius 2 is 2.22 bits per heavy atom. The minimum absolute atomic E-state index is 0.0380. The van der Waals surface area contributed by atoms with Crippen LogP contribution in [-0.4, -0.2) is 26.2 Å². The van der Waals surface area contributed by atoms with E-state index in [9.17, 15) is 9.59 Å². The fourth-order valence-electron chi connectivity index (χ4n) is 3.67. The van der Waals surface area contributed by atoms with Gasteiger partial charge >= 0.3 is 0 Å². The van der Waals surface area contributed by atoms with Crippen LogP contribution in [0.2, 0.25) is 0 Å². The second-order valence-corrected chi connectivity index (χ2v) is 7.75. The summed E-state index contributed by atoms with van der Waals surface area (Å²) in [5, 5.41) is 3.70. The Morgan fingerprint density at radius 1 is 1.41 bits per heavy atom. The van der Waals surface area contributed by atoms with E-state index < -0.39 is 0 Å². The molecule has 1 atom stereocenters. The number of carbonyl (C=O) groups excluding carboxylic acids is 1. The Hall–Kier alpha value is -2.54. The zero-order chi connectivity index (χ0) is 19.0. The number of nitrogens with one attached hydrogen (secondary N) is 2. The normalized spacial score (nSPS) is 15.9. The van der Waals surface area contributed by atoms with Gasteiger partial charge < -0.3 is 10.3 Å². The summed E-state index contributed by atoms with van der Waals surface area (Å²) in [6, 6.07) is 10.2. The van der Waals surface area contributed by atoms with E-state index in [1.54, 1.807) is 4.57 Å². The van der Waals surface area contributed by atoms with Gasteiger partial charge in [-0.25, -0.2) is 4.98 Å². The fourth-order valence-corrected chi connectivity index (χ4v) is 4.55. The Balaban J connectivity index is 1.49. The molecule has 4 rings (SSSR count). The number of aryl methyl sites for hydroxylation is 2. The van der Waals surface area contributed by atoms with Crippen molar-refractivity contribution < 1.29 is 4.79 Å². The smallest absolute Gasteiger partial charge is 0.278 e. The van der Waals surface area contributed by atoms with E-state index in [1.807, 2.05) is 32.0 Å². The lowest BCUT2D eigenvalue weighted by Gasteiger charge is -2.14. The standard InChI is InChI=1S/C20H22N4O2S/c1-3-24-19(26)18-16(10-12(2)21-18)23-20(24)27-11-17(25)22-15-9-8-13-6-4-5-7-14(13)15/h4-7,10,15,21H,3,8-9,11H2,1-2H3,(H,22,25). The number of aromatic nitrogens is 3. The summed E-state index contributed by atoms with van der Waals surface area (Å²) in [5.74, 6) is 0.198. The van der Waals surface area contributed by atoms with Crippen molar-refractivity contribution in [3.63, 3.8) is 0 Å². The van der Waals surface area contributed by atoms with Crippen molar-refractivity contribution in [2.24, 2.45) is 0 Å². The van der Waals surface area contributed by atoms with Crippen molar-refractivity contribution in [3.8, 4) is 0 Å². The van der Waals surface area contributed by atoms with E-state index in [-0.39, 0.29) is 23.3 Å². The maximum Gasteiger partial charge on any atom is 0.278 e. The highest BCUT2D eigenvalue weighted by atomic mass is 32.2. The lowest BCUT2D eigenvalue weighted by molar-refractivity contribution is -0.119. The molecule has 1 unspecified atom stereocenters. The van der Waals surface area contributed by atoms with Crippen LogP contribution in [0.25, 0.3) is 11.0 Å². The molecule has 0 saturated heterocycles. The number of aromatic amines is 1. The highest BCUT2D eigenvalue weighted by Gasteiger charge is 2.23. The highest BCUT2D eigenvalue weighted by Crippen LogP contribution is 2.30. The maximum absolute atomic E-state index is 12.6. The summed E-state index contributed by atoms with van der Waals surface area (Å²) in [6.07, 6.45) is 1.93. The molecule has 0 fully saturated rings. The van der Waals surface area contributed by atoms with Crippen LogP contribution in [0.15, 0.2) is 40.3 Å². The van der Waals surface area contributed by atoms with E-state index in [0.29, 0.717) is 22.7 Å². The quantitative estimate of drug-likeness (QED) is 0.525. The molecule has 1 amide bonds. The molecule has 2 heterocycles. The number of benzene rings is 1. The molecule has 0 saturated carbocycles. The molecule has 0 bridgehead atoms. The molecule has 1 aliphatic rings. The number of amides is 1. The third kappa shape index (κ3) is 3.39. The predicted octanol–water partition coefficient (Wildman–Crippen LogP) is 2.95. The van der Waals surface area contributed by atoms with Gasteiger partial charge in [0.1, 0.15) is 5.52 Å². The first kappa shape index (κ1) is 17.9. The Bertz CT molecular complexity index is 1070. The lowest BCUT2D eigenvalue weighted by atomic mass is 10.1. The molecule has 0 aliphatic heterocycles. The number of nitrogens with zero attached hydrogens (tertiary/aromatic N) is 2. The van der Waals surface area contributed by atoms with Gasteiger partial charge in [0, 0.05) is 12.2 Å². The van der Waals surface area contributed by atoms with Crippen LogP contribution in [0.4, 0.5) is 0 Å². The zero-order valence-electron chi connectivity index (χ0n) is 15.4. The summed E-state index contributed by atoms with van der Waals surface area (Å²) in [6.45, 7) is 4.32. The van der Waals surface area contributed by atoms with Crippen LogP contribution >= 0.6 is 11.8 Å². The van der Waals surface area contributed by atoms with Gasteiger partial charge in [0.05, 0.1) is 17.3 Å². The number of rotatable bonds is 5. The summed E-state index contributed by atoms with van der Waals surface area (Å²) < 4.78 is 1.61. The monoisotopic (exact) mass is 382 g/mol. The third-order valence-electron chi connectivity index (χ3n) is 4.95. The van der Waals surface area contributed by atoms with Gasteiger partial charge in [-0.15, -0.1) is 0 Å². The van der Waals surface area contributed by atoms with Gasteiger partial charge in [-0.1, -0.05) is 36.0 Å². The number of hydrogen-bond donors (Lipinski definition) is 2. The minimum Gasteiger partial charge on any atom is -0.353 e. The van der Waals surface area contributed by atoms with Crippen molar-refractivity contribution in [3.05, 3.63) is 57.5 Å². The lowest BCUT2D eigenvalue weighted by Crippen LogP contribution is -2.29. The fraction of sp³-hybridized carbons (Fsp3) is 0.350. The maximum atomic E-state index is 12.6. The Morgan fingerprint density at radius 3 is 3.04 bits per heavy atom. The molecular formula is C20H22N4O2S. The molecule has 0 spiro atoms. The van der Waals surface area contributed by atoms with E-state index in [4.69, 9.17) is 0 Å². The average molecular weight is 382 g/mol. The largest absolute Gasteiger partial charge is 0.353 e. The summed E-state index contributed by atoms with van der Waals surface area (Å²) in [7, 11) is 0. The molecule has 7 heteroatoms. The van der Waals surface area contributed by atoms with Crippen LogP contribution in [0.5, 0.6) is 0 Å². The van der Waals surface area contributed by atoms with E-state index in [2.05, 4.69) is 27.4 Å². The number of thioether (sulfide) groups is 1. The second-order valence-electron chi connectivity index (χ2n) is 6.80.